The topological polar surface area (TPSA) is 63.2 Å². The normalized spacial score (nSPS) is 11.5. The van der Waals surface area contributed by atoms with Gasteiger partial charge in [0, 0.05) is 35.3 Å². The fraction of sp³-hybridized carbons (Fsp3) is 0.143. The molecular formula is C14H13N3O2S3. The molecular weight excluding hydrogens is 338 g/mol. The highest BCUT2D eigenvalue weighted by Crippen LogP contribution is 2.27. The van der Waals surface area contributed by atoms with Crippen molar-refractivity contribution in [2.45, 2.75) is 11.8 Å². The second-order valence-corrected chi connectivity index (χ2v) is 7.98. The quantitative estimate of drug-likeness (QED) is 0.706. The lowest BCUT2D eigenvalue weighted by Gasteiger charge is -2.19. The van der Waals surface area contributed by atoms with E-state index in [0.29, 0.717) is 11.7 Å². The van der Waals surface area contributed by atoms with Gasteiger partial charge in [-0.1, -0.05) is 12.1 Å². The first kappa shape index (κ1) is 15.1. The molecule has 3 aromatic rings. The van der Waals surface area contributed by atoms with Crippen LogP contribution in [-0.4, -0.2) is 24.9 Å². The van der Waals surface area contributed by atoms with Crippen LogP contribution in [0.15, 0.2) is 52.3 Å². The summed E-state index contributed by atoms with van der Waals surface area (Å²) >= 11 is 2.82. The third-order valence-electron chi connectivity index (χ3n) is 3.04. The third kappa shape index (κ3) is 2.77. The number of benzene rings is 1. The summed E-state index contributed by atoms with van der Waals surface area (Å²) in [5.74, 6) is 0. The van der Waals surface area contributed by atoms with Crippen LogP contribution in [0.5, 0.6) is 0 Å². The van der Waals surface area contributed by atoms with E-state index in [-0.39, 0.29) is 4.90 Å². The van der Waals surface area contributed by atoms with Crippen molar-refractivity contribution < 1.29 is 8.42 Å². The molecule has 0 bridgehead atoms. The van der Waals surface area contributed by atoms with Gasteiger partial charge in [-0.3, -0.25) is 0 Å². The van der Waals surface area contributed by atoms with Crippen molar-refractivity contribution in [2.75, 3.05) is 10.8 Å². The molecule has 0 fully saturated rings. The summed E-state index contributed by atoms with van der Waals surface area (Å²) in [5, 5.41) is 5.00. The van der Waals surface area contributed by atoms with Gasteiger partial charge in [-0.05, 0) is 19.1 Å². The van der Waals surface area contributed by atoms with Crippen molar-refractivity contribution in [3.05, 3.63) is 47.4 Å². The first-order chi connectivity index (χ1) is 10.6. The lowest BCUT2D eigenvalue weighted by Crippen LogP contribution is -2.30. The van der Waals surface area contributed by atoms with Gasteiger partial charge in [-0.15, -0.1) is 22.7 Å². The number of aromatic nitrogens is 2. The summed E-state index contributed by atoms with van der Waals surface area (Å²) in [5.41, 5.74) is 0.909. The maximum atomic E-state index is 12.7. The van der Waals surface area contributed by atoms with Gasteiger partial charge in [0.05, 0.1) is 4.90 Å². The molecule has 1 aromatic carbocycles. The lowest BCUT2D eigenvalue weighted by atomic mass is 10.2. The number of nitrogens with zero attached hydrogens (tertiary/aromatic N) is 3. The van der Waals surface area contributed by atoms with Crippen molar-refractivity contribution >= 4 is 37.8 Å². The molecule has 0 atom stereocenters. The predicted molar refractivity (Wildman–Crippen MR) is 89.9 cm³/mol. The lowest BCUT2D eigenvalue weighted by molar-refractivity contribution is 0.592. The summed E-state index contributed by atoms with van der Waals surface area (Å²) in [6, 6.07) is 6.79. The van der Waals surface area contributed by atoms with Gasteiger partial charge in [0.2, 0.25) is 0 Å². The summed E-state index contributed by atoms with van der Waals surface area (Å²) in [6.45, 7) is 2.13. The highest BCUT2D eigenvalue weighted by atomic mass is 32.2. The highest BCUT2D eigenvalue weighted by molar-refractivity contribution is 7.93. The zero-order chi connectivity index (χ0) is 15.6. The molecule has 0 aliphatic rings. The third-order valence-corrected chi connectivity index (χ3v) is 6.65. The standard InChI is InChI=1S/C14H13N3O2S3/c1-2-17(14-16-8-10-21-14)22(18,19)12-5-3-11(4-6-12)13-15-7-9-20-13/h3-10H,2H2,1H3. The monoisotopic (exact) mass is 351 g/mol. The number of rotatable bonds is 5. The smallest absolute Gasteiger partial charge is 0.245 e. The largest absolute Gasteiger partial charge is 0.266 e. The minimum absolute atomic E-state index is 0.254. The number of anilines is 1. The Balaban J connectivity index is 1.95. The molecule has 0 saturated carbocycles. The first-order valence-electron chi connectivity index (χ1n) is 6.55. The zero-order valence-corrected chi connectivity index (χ0v) is 14.2. The van der Waals surface area contributed by atoms with Crippen LogP contribution in [0.3, 0.4) is 0 Å². The second kappa shape index (κ2) is 6.15. The molecule has 5 nitrogen and oxygen atoms in total. The summed E-state index contributed by atoms with van der Waals surface area (Å²) in [4.78, 5) is 8.57. The predicted octanol–water partition coefficient (Wildman–Crippen LogP) is 3.48. The molecule has 0 unspecified atom stereocenters. The summed E-state index contributed by atoms with van der Waals surface area (Å²) in [7, 11) is -3.60. The van der Waals surface area contributed by atoms with Gasteiger partial charge < -0.3 is 0 Å². The molecule has 8 heteroatoms. The molecule has 0 amide bonds. The van der Waals surface area contributed by atoms with E-state index in [4.69, 9.17) is 0 Å². The number of thiazole rings is 2. The molecule has 0 spiro atoms. The van der Waals surface area contributed by atoms with E-state index in [0.717, 1.165) is 10.6 Å². The molecule has 0 saturated heterocycles. The van der Waals surface area contributed by atoms with Crippen LogP contribution in [0.2, 0.25) is 0 Å². The van der Waals surface area contributed by atoms with Gasteiger partial charge >= 0.3 is 0 Å². The molecule has 2 aromatic heterocycles. The Bertz CT molecular complexity index is 826. The van der Waals surface area contributed by atoms with Gasteiger partial charge in [0.25, 0.3) is 10.0 Å². The van der Waals surface area contributed by atoms with Crippen molar-refractivity contribution in [2.24, 2.45) is 0 Å². The molecule has 0 aliphatic carbocycles. The Morgan fingerprint density at radius 3 is 2.27 bits per heavy atom. The van der Waals surface area contributed by atoms with Gasteiger partial charge in [0.1, 0.15) is 5.01 Å². The van der Waals surface area contributed by atoms with E-state index in [1.54, 1.807) is 49.0 Å². The molecule has 0 aliphatic heterocycles. The van der Waals surface area contributed by atoms with E-state index in [2.05, 4.69) is 9.97 Å². The molecule has 0 N–H and O–H groups in total. The number of sulfonamides is 1. The number of hydrogen-bond acceptors (Lipinski definition) is 6. The average molecular weight is 351 g/mol. The van der Waals surface area contributed by atoms with E-state index < -0.39 is 10.0 Å². The molecule has 3 rings (SSSR count). The Hall–Kier alpha value is -1.77. The van der Waals surface area contributed by atoms with Crippen LogP contribution in [-0.2, 0) is 10.0 Å². The average Bonchev–Trinajstić information content (AvgIpc) is 3.21. The highest BCUT2D eigenvalue weighted by Gasteiger charge is 2.25. The van der Waals surface area contributed by atoms with E-state index in [9.17, 15) is 8.42 Å². The SMILES string of the molecule is CCN(c1nccs1)S(=O)(=O)c1ccc(-c2nccs2)cc1. The summed E-state index contributed by atoms with van der Waals surface area (Å²) in [6.07, 6.45) is 3.33. The maximum absolute atomic E-state index is 12.7. The molecule has 22 heavy (non-hydrogen) atoms. The van der Waals surface area contributed by atoms with Crippen molar-refractivity contribution in [3.63, 3.8) is 0 Å². The Morgan fingerprint density at radius 1 is 1.05 bits per heavy atom. The molecule has 114 valence electrons. The van der Waals surface area contributed by atoms with Crippen LogP contribution >= 0.6 is 22.7 Å². The van der Waals surface area contributed by atoms with E-state index in [1.165, 1.54) is 27.0 Å². The Labute approximate surface area is 137 Å². The maximum Gasteiger partial charge on any atom is 0.266 e. The van der Waals surface area contributed by atoms with E-state index in [1.807, 2.05) is 5.38 Å². The summed E-state index contributed by atoms with van der Waals surface area (Å²) < 4.78 is 26.8. The van der Waals surface area contributed by atoms with Crippen LogP contribution in [0.1, 0.15) is 6.92 Å². The fourth-order valence-corrected chi connectivity index (χ4v) is 5.02. The van der Waals surface area contributed by atoms with Gasteiger partial charge in [-0.25, -0.2) is 22.7 Å². The number of hydrogen-bond donors (Lipinski definition) is 0. The Morgan fingerprint density at radius 2 is 1.73 bits per heavy atom. The van der Waals surface area contributed by atoms with Crippen LogP contribution in [0, 0.1) is 0 Å². The van der Waals surface area contributed by atoms with Crippen molar-refractivity contribution in [1.29, 1.82) is 0 Å². The van der Waals surface area contributed by atoms with Gasteiger partial charge in [-0.2, -0.15) is 0 Å². The molecule has 2 heterocycles. The van der Waals surface area contributed by atoms with Crippen LogP contribution < -0.4 is 4.31 Å². The second-order valence-electron chi connectivity index (χ2n) is 4.35. The van der Waals surface area contributed by atoms with E-state index >= 15 is 0 Å². The van der Waals surface area contributed by atoms with Crippen LogP contribution in [0.4, 0.5) is 5.13 Å². The minimum Gasteiger partial charge on any atom is -0.245 e. The molecule has 0 radical (unpaired) electrons. The first-order valence-corrected chi connectivity index (χ1v) is 9.75. The van der Waals surface area contributed by atoms with Crippen LogP contribution in [0.25, 0.3) is 10.6 Å². The fourth-order valence-electron chi connectivity index (χ4n) is 2.01. The minimum atomic E-state index is -3.60. The van der Waals surface area contributed by atoms with Crippen molar-refractivity contribution in [3.8, 4) is 10.6 Å². The Kier molecular flexibility index (Phi) is 4.23. The van der Waals surface area contributed by atoms with Crippen molar-refractivity contribution in [1.82, 2.24) is 9.97 Å². The zero-order valence-electron chi connectivity index (χ0n) is 11.7. The van der Waals surface area contributed by atoms with Gasteiger partial charge in [0.15, 0.2) is 5.13 Å².